The standard InChI is InChI=1S/C27H26N6O2/c1-19-8-5-14-29-25(19)30-26(34)21-10-7-15-32(17-21)27(35)23-18-33(22-11-3-2-4-12-22)31-24(23)20-9-6-13-28-16-20/h2-6,8-9,11-14,16,18,21H,7,10,15,17H2,1H3,(H,29,30,34). The summed E-state index contributed by atoms with van der Waals surface area (Å²) >= 11 is 0. The van der Waals surface area contributed by atoms with Gasteiger partial charge in [0.2, 0.25) is 5.91 Å². The van der Waals surface area contributed by atoms with Gasteiger partial charge in [-0.2, -0.15) is 5.10 Å². The number of likely N-dealkylation sites (tertiary alicyclic amines) is 1. The van der Waals surface area contributed by atoms with Crippen LogP contribution in [0.25, 0.3) is 16.9 Å². The van der Waals surface area contributed by atoms with Crippen molar-refractivity contribution in [3.05, 3.63) is 90.5 Å². The van der Waals surface area contributed by atoms with Crippen LogP contribution in [0.3, 0.4) is 0 Å². The molecule has 1 unspecified atom stereocenters. The molecule has 8 nitrogen and oxygen atoms in total. The highest BCUT2D eigenvalue weighted by molar-refractivity contribution is 6.00. The number of aryl methyl sites for hydroxylation is 1. The van der Waals surface area contributed by atoms with E-state index >= 15 is 0 Å². The average Bonchev–Trinajstić information content (AvgIpc) is 3.36. The third kappa shape index (κ3) is 4.82. The monoisotopic (exact) mass is 466 g/mol. The van der Waals surface area contributed by atoms with Crippen molar-refractivity contribution < 1.29 is 9.59 Å². The fraction of sp³-hybridized carbons (Fsp3) is 0.222. The minimum Gasteiger partial charge on any atom is -0.338 e. The Balaban J connectivity index is 1.40. The van der Waals surface area contributed by atoms with Crippen LogP contribution in [0.2, 0.25) is 0 Å². The number of piperidine rings is 1. The van der Waals surface area contributed by atoms with Crippen molar-refractivity contribution in [2.24, 2.45) is 5.92 Å². The summed E-state index contributed by atoms with van der Waals surface area (Å²) in [6.45, 7) is 2.84. The number of para-hydroxylation sites is 1. The predicted molar refractivity (Wildman–Crippen MR) is 133 cm³/mol. The zero-order chi connectivity index (χ0) is 24.2. The number of hydrogen-bond donors (Lipinski definition) is 1. The Hall–Kier alpha value is -4.33. The first-order valence-electron chi connectivity index (χ1n) is 11.7. The molecule has 1 saturated heterocycles. The average molecular weight is 467 g/mol. The quantitative estimate of drug-likeness (QED) is 0.477. The van der Waals surface area contributed by atoms with E-state index in [2.05, 4.69) is 15.3 Å². The molecule has 2 amide bonds. The van der Waals surface area contributed by atoms with Crippen LogP contribution >= 0.6 is 0 Å². The number of carbonyl (C=O) groups excluding carboxylic acids is 2. The molecule has 4 aromatic rings. The van der Waals surface area contributed by atoms with Gasteiger partial charge in [-0.1, -0.05) is 24.3 Å². The van der Waals surface area contributed by atoms with Gasteiger partial charge in [0.05, 0.1) is 17.2 Å². The second kappa shape index (κ2) is 9.89. The number of nitrogens with one attached hydrogen (secondary N) is 1. The summed E-state index contributed by atoms with van der Waals surface area (Å²) in [7, 11) is 0. The maximum absolute atomic E-state index is 13.7. The van der Waals surface area contributed by atoms with Gasteiger partial charge in [0.15, 0.2) is 0 Å². The Bertz CT molecular complexity index is 1340. The van der Waals surface area contributed by atoms with Crippen LogP contribution in [0.15, 0.2) is 79.4 Å². The fourth-order valence-electron chi connectivity index (χ4n) is 4.34. The summed E-state index contributed by atoms with van der Waals surface area (Å²) in [5.41, 5.74) is 3.59. The van der Waals surface area contributed by atoms with Gasteiger partial charge < -0.3 is 10.2 Å². The Kier molecular flexibility index (Phi) is 6.34. The molecule has 8 heteroatoms. The molecule has 0 spiro atoms. The van der Waals surface area contributed by atoms with Gasteiger partial charge in [0.25, 0.3) is 5.91 Å². The molecular weight excluding hydrogens is 440 g/mol. The molecule has 0 bridgehead atoms. The van der Waals surface area contributed by atoms with Crippen molar-refractivity contribution in [3.8, 4) is 16.9 Å². The number of rotatable bonds is 5. The van der Waals surface area contributed by atoms with Gasteiger partial charge in [0, 0.05) is 43.4 Å². The molecule has 1 fully saturated rings. The lowest BCUT2D eigenvalue weighted by Gasteiger charge is -2.32. The van der Waals surface area contributed by atoms with Gasteiger partial charge in [-0.15, -0.1) is 0 Å². The van der Waals surface area contributed by atoms with Crippen molar-refractivity contribution in [1.82, 2.24) is 24.6 Å². The highest BCUT2D eigenvalue weighted by atomic mass is 16.2. The van der Waals surface area contributed by atoms with Gasteiger partial charge >= 0.3 is 0 Å². The predicted octanol–water partition coefficient (Wildman–Crippen LogP) is 4.13. The second-order valence-corrected chi connectivity index (χ2v) is 8.66. The van der Waals surface area contributed by atoms with Crippen LogP contribution in [0, 0.1) is 12.8 Å². The second-order valence-electron chi connectivity index (χ2n) is 8.66. The Morgan fingerprint density at radius 2 is 1.86 bits per heavy atom. The lowest BCUT2D eigenvalue weighted by Crippen LogP contribution is -2.44. The van der Waals surface area contributed by atoms with E-state index in [0.29, 0.717) is 30.2 Å². The van der Waals surface area contributed by atoms with Gasteiger partial charge in [0.1, 0.15) is 11.5 Å². The normalized spacial score (nSPS) is 15.6. The summed E-state index contributed by atoms with van der Waals surface area (Å²) in [6, 6.07) is 17.1. The molecule has 4 heterocycles. The highest BCUT2D eigenvalue weighted by Crippen LogP contribution is 2.27. The Morgan fingerprint density at radius 3 is 2.63 bits per heavy atom. The molecule has 3 aromatic heterocycles. The van der Waals surface area contributed by atoms with Gasteiger partial charge in [-0.3, -0.25) is 14.6 Å². The number of aromatic nitrogens is 4. The summed E-state index contributed by atoms with van der Waals surface area (Å²) in [4.78, 5) is 36.9. The Morgan fingerprint density at radius 1 is 1.03 bits per heavy atom. The van der Waals surface area contributed by atoms with Crippen molar-refractivity contribution >= 4 is 17.6 Å². The van der Waals surface area contributed by atoms with Crippen molar-refractivity contribution in [3.63, 3.8) is 0 Å². The summed E-state index contributed by atoms with van der Waals surface area (Å²) in [5.74, 6) is -0.00150. The number of nitrogens with zero attached hydrogens (tertiary/aromatic N) is 5. The SMILES string of the molecule is Cc1cccnc1NC(=O)C1CCCN(C(=O)c2cn(-c3ccccc3)nc2-c2cccnc2)C1. The largest absolute Gasteiger partial charge is 0.338 e. The molecule has 1 aliphatic rings. The highest BCUT2D eigenvalue weighted by Gasteiger charge is 2.31. The number of hydrogen-bond acceptors (Lipinski definition) is 5. The van der Waals surface area contributed by atoms with Crippen molar-refractivity contribution in [2.75, 3.05) is 18.4 Å². The first-order valence-corrected chi connectivity index (χ1v) is 11.7. The fourth-order valence-corrected chi connectivity index (χ4v) is 4.34. The van der Waals surface area contributed by atoms with E-state index in [1.54, 1.807) is 34.4 Å². The van der Waals surface area contributed by atoms with Crippen LogP contribution in [0.1, 0.15) is 28.8 Å². The zero-order valence-electron chi connectivity index (χ0n) is 19.5. The molecule has 5 rings (SSSR count). The van der Waals surface area contributed by atoms with Crippen molar-refractivity contribution in [2.45, 2.75) is 19.8 Å². The third-order valence-corrected chi connectivity index (χ3v) is 6.23. The molecule has 1 atom stereocenters. The van der Waals surface area contributed by atoms with Crippen LogP contribution in [-0.2, 0) is 4.79 Å². The van der Waals surface area contributed by atoms with Crippen LogP contribution < -0.4 is 5.32 Å². The first kappa shape index (κ1) is 22.5. The van der Waals surface area contributed by atoms with E-state index in [1.165, 1.54) is 0 Å². The lowest BCUT2D eigenvalue weighted by atomic mass is 9.96. The van der Waals surface area contributed by atoms with E-state index in [9.17, 15) is 9.59 Å². The number of carbonyl (C=O) groups is 2. The van der Waals surface area contributed by atoms with E-state index < -0.39 is 0 Å². The molecule has 35 heavy (non-hydrogen) atoms. The van der Waals surface area contributed by atoms with Crippen LogP contribution in [0.5, 0.6) is 0 Å². The topological polar surface area (TPSA) is 93.0 Å². The van der Waals surface area contributed by atoms with E-state index in [0.717, 1.165) is 29.7 Å². The van der Waals surface area contributed by atoms with Crippen LogP contribution in [-0.4, -0.2) is 49.6 Å². The minimum atomic E-state index is -0.305. The lowest BCUT2D eigenvalue weighted by molar-refractivity contribution is -0.121. The van der Waals surface area contributed by atoms with Crippen molar-refractivity contribution in [1.29, 1.82) is 0 Å². The molecular formula is C27H26N6O2. The van der Waals surface area contributed by atoms with Gasteiger partial charge in [-0.05, 0) is 55.7 Å². The molecule has 1 aliphatic heterocycles. The van der Waals surface area contributed by atoms with Crippen LogP contribution in [0.4, 0.5) is 5.82 Å². The molecule has 1 N–H and O–H groups in total. The molecule has 0 radical (unpaired) electrons. The number of pyridine rings is 2. The van der Waals surface area contributed by atoms with E-state index in [-0.39, 0.29) is 17.7 Å². The molecule has 1 aromatic carbocycles. The third-order valence-electron chi connectivity index (χ3n) is 6.23. The smallest absolute Gasteiger partial charge is 0.257 e. The number of benzene rings is 1. The number of amides is 2. The molecule has 176 valence electrons. The molecule has 0 aliphatic carbocycles. The summed E-state index contributed by atoms with van der Waals surface area (Å²) < 4.78 is 1.72. The summed E-state index contributed by atoms with van der Waals surface area (Å²) in [6.07, 6.45) is 8.29. The van der Waals surface area contributed by atoms with Gasteiger partial charge in [-0.25, -0.2) is 9.67 Å². The first-order chi connectivity index (χ1) is 17.1. The Labute approximate surface area is 203 Å². The minimum absolute atomic E-state index is 0.114. The van der Waals surface area contributed by atoms with E-state index in [4.69, 9.17) is 5.10 Å². The maximum atomic E-state index is 13.7. The summed E-state index contributed by atoms with van der Waals surface area (Å²) in [5, 5.41) is 7.66. The van der Waals surface area contributed by atoms with E-state index in [1.807, 2.05) is 61.5 Å². The number of anilines is 1. The zero-order valence-corrected chi connectivity index (χ0v) is 19.5. The molecule has 0 saturated carbocycles. The maximum Gasteiger partial charge on any atom is 0.257 e.